The molecule has 1 atom stereocenters. The summed E-state index contributed by atoms with van der Waals surface area (Å²) in [4.78, 5) is 8.43. The van der Waals surface area contributed by atoms with E-state index in [2.05, 4.69) is 29.0 Å². The first-order valence-corrected chi connectivity index (χ1v) is 7.57. The van der Waals surface area contributed by atoms with E-state index in [4.69, 9.17) is 4.74 Å². The second kappa shape index (κ2) is 5.15. The molecule has 0 spiro atoms. The van der Waals surface area contributed by atoms with Crippen LogP contribution in [-0.4, -0.2) is 43.4 Å². The van der Waals surface area contributed by atoms with E-state index in [1.807, 2.05) is 0 Å². The largest absolute Gasteiger partial charge is 0.377 e. The third kappa shape index (κ3) is 2.68. The molecule has 100 valence electrons. The zero-order valence-electron chi connectivity index (χ0n) is 11.1. The van der Waals surface area contributed by atoms with Gasteiger partial charge in [-0.15, -0.1) is 11.3 Å². The van der Waals surface area contributed by atoms with Crippen LogP contribution in [0.5, 0.6) is 0 Å². The summed E-state index contributed by atoms with van der Waals surface area (Å²) < 4.78 is 5.62. The van der Waals surface area contributed by atoms with E-state index in [0.717, 1.165) is 43.2 Å². The van der Waals surface area contributed by atoms with Crippen molar-refractivity contribution in [1.82, 2.24) is 10.3 Å². The van der Waals surface area contributed by atoms with Crippen molar-refractivity contribution in [2.75, 3.05) is 31.2 Å². The maximum absolute atomic E-state index is 5.62. The summed E-state index contributed by atoms with van der Waals surface area (Å²) in [6, 6.07) is 1.19. The Labute approximate surface area is 112 Å². The quantitative estimate of drug-likeness (QED) is 0.901. The van der Waals surface area contributed by atoms with E-state index < -0.39 is 0 Å². The average Bonchev–Trinajstić information content (AvgIpc) is 3.14. The summed E-state index contributed by atoms with van der Waals surface area (Å²) >= 11 is 1.81. The molecule has 1 aliphatic heterocycles. The van der Waals surface area contributed by atoms with Crippen LogP contribution in [-0.2, 0) is 4.74 Å². The molecular weight excluding hydrogens is 246 g/mol. The van der Waals surface area contributed by atoms with Crippen LogP contribution >= 0.6 is 11.3 Å². The minimum absolute atomic E-state index is 0.435. The molecule has 3 rings (SSSR count). The first-order valence-electron chi connectivity index (χ1n) is 6.76. The molecule has 2 aliphatic rings. The minimum atomic E-state index is 0.435. The predicted octanol–water partition coefficient (Wildman–Crippen LogP) is 1.72. The molecule has 1 aliphatic carbocycles. The molecule has 2 fully saturated rings. The van der Waals surface area contributed by atoms with Crippen molar-refractivity contribution < 1.29 is 4.74 Å². The van der Waals surface area contributed by atoms with Crippen molar-refractivity contribution in [3.8, 4) is 0 Å². The number of thiazole rings is 1. The topological polar surface area (TPSA) is 37.4 Å². The summed E-state index contributed by atoms with van der Waals surface area (Å²) in [6.07, 6.45) is 2.67. The number of nitrogens with one attached hydrogen (secondary N) is 1. The SMILES string of the molecule is Cc1nc(N2CCOCC2CNC2CC2)sc1C. The number of morpholine rings is 1. The van der Waals surface area contributed by atoms with Gasteiger partial charge in [0.05, 0.1) is 24.9 Å². The smallest absolute Gasteiger partial charge is 0.186 e. The average molecular weight is 267 g/mol. The lowest BCUT2D eigenvalue weighted by atomic mass is 10.2. The fourth-order valence-electron chi connectivity index (χ4n) is 2.24. The van der Waals surface area contributed by atoms with Crippen LogP contribution in [0.3, 0.4) is 0 Å². The van der Waals surface area contributed by atoms with Crippen molar-refractivity contribution >= 4 is 16.5 Å². The van der Waals surface area contributed by atoms with Crippen LogP contribution < -0.4 is 10.2 Å². The van der Waals surface area contributed by atoms with E-state index in [9.17, 15) is 0 Å². The number of aromatic nitrogens is 1. The lowest BCUT2D eigenvalue weighted by Gasteiger charge is -2.35. The van der Waals surface area contributed by atoms with Gasteiger partial charge in [0.2, 0.25) is 0 Å². The van der Waals surface area contributed by atoms with Gasteiger partial charge in [-0.2, -0.15) is 0 Å². The third-order valence-electron chi connectivity index (χ3n) is 3.71. The Morgan fingerprint density at radius 2 is 2.28 bits per heavy atom. The number of aryl methyl sites for hydroxylation is 2. The van der Waals surface area contributed by atoms with E-state index >= 15 is 0 Å². The Hall–Kier alpha value is -0.650. The highest BCUT2D eigenvalue weighted by Gasteiger charge is 2.28. The fraction of sp³-hybridized carbons (Fsp3) is 0.769. The Morgan fingerprint density at radius 1 is 1.44 bits per heavy atom. The highest BCUT2D eigenvalue weighted by atomic mass is 32.1. The Bertz CT molecular complexity index is 397. The minimum Gasteiger partial charge on any atom is -0.377 e. The second-order valence-electron chi connectivity index (χ2n) is 5.24. The monoisotopic (exact) mass is 267 g/mol. The predicted molar refractivity (Wildman–Crippen MR) is 74.6 cm³/mol. The molecule has 18 heavy (non-hydrogen) atoms. The van der Waals surface area contributed by atoms with Gasteiger partial charge in [0.1, 0.15) is 0 Å². The van der Waals surface area contributed by atoms with E-state index in [0.29, 0.717) is 6.04 Å². The van der Waals surface area contributed by atoms with Gasteiger partial charge in [-0.1, -0.05) is 0 Å². The molecule has 1 saturated carbocycles. The number of ether oxygens (including phenoxy) is 1. The maximum atomic E-state index is 5.62. The lowest BCUT2D eigenvalue weighted by molar-refractivity contribution is 0.0936. The Morgan fingerprint density at radius 3 is 2.94 bits per heavy atom. The molecule has 0 amide bonds. The summed E-state index contributed by atoms with van der Waals surface area (Å²) in [5.41, 5.74) is 1.16. The van der Waals surface area contributed by atoms with Crippen molar-refractivity contribution in [2.24, 2.45) is 0 Å². The molecular formula is C13H21N3OS. The highest BCUT2D eigenvalue weighted by molar-refractivity contribution is 7.15. The number of anilines is 1. The van der Waals surface area contributed by atoms with Gasteiger partial charge in [0, 0.05) is 24.0 Å². The van der Waals surface area contributed by atoms with Crippen LogP contribution in [0.1, 0.15) is 23.4 Å². The van der Waals surface area contributed by atoms with Crippen molar-refractivity contribution in [3.63, 3.8) is 0 Å². The number of hydrogen-bond acceptors (Lipinski definition) is 5. The first kappa shape index (κ1) is 12.4. The van der Waals surface area contributed by atoms with Crippen molar-refractivity contribution in [1.29, 1.82) is 0 Å². The van der Waals surface area contributed by atoms with E-state index in [-0.39, 0.29) is 0 Å². The first-order chi connectivity index (χ1) is 8.74. The van der Waals surface area contributed by atoms with Crippen LogP contribution in [0.2, 0.25) is 0 Å². The number of hydrogen-bond donors (Lipinski definition) is 1. The Balaban J connectivity index is 1.69. The standard InChI is InChI=1S/C13H21N3OS/c1-9-10(2)18-13(15-9)16-5-6-17-8-12(16)7-14-11-3-4-11/h11-12,14H,3-8H2,1-2H3. The molecule has 5 heteroatoms. The molecule has 1 aromatic rings. The zero-order chi connectivity index (χ0) is 12.5. The van der Waals surface area contributed by atoms with Crippen LogP contribution in [0.4, 0.5) is 5.13 Å². The Kier molecular flexibility index (Phi) is 3.54. The van der Waals surface area contributed by atoms with Gasteiger partial charge < -0.3 is 15.0 Å². The van der Waals surface area contributed by atoms with Crippen molar-refractivity contribution in [3.05, 3.63) is 10.6 Å². The van der Waals surface area contributed by atoms with Crippen LogP contribution in [0.15, 0.2) is 0 Å². The van der Waals surface area contributed by atoms with E-state index in [1.54, 1.807) is 11.3 Å². The molecule has 1 unspecified atom stereocenters. The van der Waals surface area contributed by atoms with Gasteiger partial charge in [0.25, 0.3) is 0 Å². The van der Waals surface area contributed by atoms with Gasteiger partial charge in [-0.05, 0) is 26.7 Å². The van der Waals surface area contributed by atoms with Crippen LogP contribution in [0, 0.1) is 13.8 Å². The molecule has 1 aromatic heterocycles. The van der Waals surface area contributed by atoms with Crippen LogP contribution in [0.25, 0.3) is 0 Å². The molecule has 4 nitrogen and oxygen atoms in total. The van der Waals surface area contributed by atoms with E-state index in [1.165, 1.54) is 17.7 Å². The summed E-state index contributed by atoms with van der Waals surface area (Å²) in [7, 11) is 0. The zero-order valence-corrected chi connectivity index (χ0v) is 11.9. The van der Waals surface area contributed by atoms with Crippen molar-refractivity contribution in [2.45, 2.75) is 38.8 Å². The van der Waals surface area contributed by atoms with Gasteiger partial charge in [0.15, 0.2) is 5.13 Å². The lowest BCUT2D eigenvalue weighted by Crippen LogP contribution is -2.50. The number of rotatable bonds is 4. The molecule has 0 bridgehead atoms. The van der Waals surface area contributed by atoms with Gasteiger partial charge in [-0.3, -0.25) is 0 Å². The molecule has 2 heterocycles. The van der Waals surface area contributed by atoms with Gasteiger partial charge >= 0.3 is 0 Å². The second-order valence-corrected chi connectivity index (χ2v) is 6.42. The third-order valence-corrected chi connectivity index (χ3v) is 4.82. The molecule has 1 N–H and O–H groups in total. The van der Waals surface area contributed by atoms with Gasteiger partial charge in [-0.25, -0.2) is 4.98 Å². The molecule has 0 radical (unpaired) electrons. The maximum Gasteiger partial charge on any atom is 0.186 e. The summed E-state index contributed by atoms with van der Waals surface area (Å²) in [6.45, 7) is 7.85. The fourth-order valence-corrected chi connectivity index (χ4v) is 3.25. The molecule has 0 aromatic carbocycles. The summed E-state index contributed by atoms with van der Waals surface area (Å²) in [5, 5.41) is 4.77. The summed E-state index contributed by atoms with van der Waals surface area (Å²) in [5.74, 6) is 0. The number of nitrogens with zero attached hydrogens (tertiary/aromatic N) is 2. The molecule has 1 saturated heterocycles. The highest BCUT2D eigenvalue weighted by Crippen LogP contribution is 2.28. The normalized spacial score (nSPS) is 24.6.